The van der Waals surface area contributed by atoms with Crippen molar-refractivity contribution in [2.45, 2.75) is 13.8 Å². The highest BCUT2D eigenvalue weighted by atomic mass is 16.5. The largest absolute Gasteiger partial charge is 0.481 e. The van der Waals surface area contributed by atoms with Crippen LogP contribution in [-0.4, -0.2) is 24.2 Å². The van der Waals surface area contributed by atoms with E-state index in [1.165, 1.54) is 14.0 Å². The molecule has 54 valence electrons. The Balaban J connectivity index is 0. The van der Waals surface area contributed by atoms with E-state index >= 15 is 0 Å². The fourth-order valence-electron chi connectivity index (χ4n) is 0. The average molecular weight is 134 g/mol. The second kappa shape index (κ2) is 6.94. The molecular formula is C5H10O4. The van der Waals surface area contributed by atoms with Gasteiger partial charge in [0.1, 0.15) is 0 Å². The molecule has 0 atom stereocenters. The number of hydrogen-bond acceptors (Lipinski definition) is 3. The lowest BCUT2D eigenvalue weighted by Crippen LogP contribution is -1.88. The maximum atomic E-state index is 9.59. The predicted octanol–water partition coefficient (Wildman–Crippen LogP) is 0.270. The zero-order valence-electron chi connectivity index (χ0n) is 5.67. The maximum absolute atomic E-state index is 9.59. The quantitative estimate of drug-likeness (QED) is 0.483. The van der Waals surface area contributed by atoms with Gasteiger partial charge in [-0.2, -0.15) is 0 Å². The van der Waals surface area contributed by atoms with E-state index in [0.717, 1.165) is 6.92 Å². The summed E-state index contributed by atoms with van der Waals surface area (Å²) in [6.45, 7) is 2.44. The number of carboxylic acid groups (broad SMARTS) is 1. The highest BCUT2D eigenvalue weighted by Gasteiger charge is 1.75. The van der Waals surface area contributed by atoms with Gasteiger partial charge in [0.2, 0.25) is 0 Å². The monoisotopic (exact) mass is 134 g/mol. The summed E-state index contributed by atoms with van der Waals surface area (Å²) in [7, 11) is 1.35. The number of methoxy groups -OCH3 is 1. The van der Waals surface area contributed by atoms with Gasteiger partial charge in [-0.05, 0) is 0 Å². The average Bonchev–Trinajstić information content (AvgIpc) is 1.65. The van der Waals surface area contributed by atoms with Gasteiger partial charge in [0.05, 0.1) is 7.11 Å². The van der Waals surface area contributed by atoms with Crippen LogP contribution in [0.1, 0.15) is 13.8 Å². The Morgan fingerprint density at radius 2 is 1.44 bits per heavy atom. The summed E-state index contributed by atoms with van der Waals surface area (Å²) in [4.78, 5) is 18.6. The smallest absolute Gasteiger partial charge is 0.302 e. The molecule has 4 nitrogen and oxygen atoms in total. The Morgan fingerprint density at radius 3 is 1.44 bits per heavy atom. The SMILES string of the molecule is CC(=O)O.COC(C)=O. The van der Waals surface area contributed by atoms with Gasteiger partial charge < -0.3 is 9.84 Å². The number of carboxylic acids is 1. The van der Waals surface area contributed by atoms with Crippen LogP contribution in [0.2, 0.25) is 0 Å². The number of carbonyl (C=O) groups excluding carboxylic acids is 1. The Hall–Kier alpha value is -1.06. The van der Waals surface area contributed by atoms with Crippen LogP contribution in [0.25, 0.3) is 0 Å². The maximum Gasteiger partial charge on any atom is 0.302 e. The normalized spacial score (nSPS) is 6.56. The van der Waals surface area contributed by atoms with Gasteiger partial charge in [-0.15, -0.1) is 0 Å². The summed E-state index contributed by atoms with van der Waals surface area (Å²) >= 11 is 0. The third kappa shape index (κ3) is 192. The molecule has 4 heteroatoms. The Kier molecular flexibility index (Phi) is 8.36. The molecule has 0 saturated carbocycles. The van der Waals surface area contributed by atoms with Crippen molar-refractivity contribution in [3.63, 3.8) is 0 Å². The number of esters is 1. The van der Waals surface area contributed by atoms with Crippen molar-refractivity contribution >= 4 is 11.9 Å². The lowest BCUT2D eigenvalue weighted by atomic mass is 10.8. The summed E-state index contributed by atoms with van der Waals surface area (Å²) in [6.07, 6.45) is 0. The Morgan fingerprint density at radius 1 is 1.33 bits per heavy atom. The summed E-state index contributed by atoms with van der Waals surface area (Å²) in [6, 6.07) is 0. The van der Waals surface area contributed by atoms with Crippen molar-refractivity contribution in [2.24, 2.45) is 0 Å². The topological polar surface area (TPSA) is 63.6 Å². The molecule has 0 aliphatic rings. The van der Waals surface area contributed by atoms with E-state index in [1.54, 1.807) is 0 Å². The van der Waals surface area contributed by atoms with Gasteiger partial charge in [-0.3, -0.25) is 9.59 Å². The van der Waals surface area contributed by atoms with Gasteiger partial charge in [0.15, 0.2) is 0 Å². The molecule has 0 unspecified atom stereocenters. The van der Waals surface area contributed by atoms with E-state index in [9.17, 15) is 4.79 Å². The first-order valence-corrected chi connectivity index (χ1v) is 2.24. The van der Waals surface area contributed by atoms with Gasteiger partial charge in [-0.25, -0.2) is 0 Å². The summed E-state index contributed by atoms with van der Waals surface area (Å²) in [5.74, 6) is -1.08. The molecule has 0 aliphatic carbocycles. The van der Waals surface area contributed by atoms with Crippen LogP contribution in [0.15, 0.2) is 0 Å². The number of rotatable bonds is 0. The Bertz CT molecular complexity index is 93.1. The van der Waals surface area contributed by atoms with E-state index in [4.69, 9.17) is 9.90 Å². The second-order valence-corrected chi connectivity index (χ2v) is 1.21. The molecule has 0 fully saturated rings. The molecule has 0 spiro atoms. The summed E-state index contributed by atoms with van der Waals surface area (Å²) in [5, 5.41) is 7.42. The van der Waals surface area contributed by atoms with Crippen molar-refractivity contribution in [1.29, 1.82) is 0 Å². The molecule has 0 amide bonds. The molecule has 0 aromatic heterocycles. The molecule has 1 N–H and O–H groups in total. The molecule has 0 saturated heterocycles. The second-order valence-electron chi connectivity index (χ2n) is 1.21. The molecule has 0 heterocycles. The number of hydrogen-bond donors (Lipinski definition) is 1. The van der Waals surface area contributed by atoms with Crippen molar-refractivity contribution in [2.75, 3.05) is 7.11 Å². The van der Waals surface area contributed by atoms with Crippen LogP contribution in [0.3, 0.4) is 0 Å². The van der Waals surface area contributed by atoms with Crippen LogP contribution >= 0.6 is 0 Å². The molecular weight excluding hydrogens is 124 g/mol. The highest BCUT2D eigenvalue weighted by molar-refractivity contribution is 5.65. The molecule has 0 aromatic rings. The third-order valence-corrected chi connectivity index (χ3v) is 0.287. The lowest BCUT2D eigenvalue weighted by Gasteiger charge is -1.80. The highest BCUT2D eigenvalue weighted by Crippen LogP contribution is 1.60. The molecule has 9 heavy (non-hydrogen) atoms. The van der Waals surface area contributed by atoms with Gasteiger partial charge >= 0.3 is 5.97 Å². The summed E-state index contributed by atoms with van der Waals surface area (Å²) < 4.78 is 4.11. The first kappa shape index (κ1) is 10.8. The minimum absolute atomic E-state index is 0.245. The lowest BCUT2D eigenvalue weighted by molar-refractivity contribution is -0.138. The van der Waals surface area contributed by atoms with E-state index < -0.39 is 5.97 Å². The van der Waals surface area contributed by atoms with Crippen LogP contribution in [0.5, 0.6) is 0 Å². The number of carbonyl (C=O) groups is 2. The number of ether oxygens (including phenoxy) is 1. The molecule has 0 rings (SSSR count). The fraction of sp³-hybridized carbons (Fsp3) is 0.600. The van der Waals surface area contributed by atoms with Crippen LogP contribution < -0.4 is 0 Å². The van der Waals surface area contributed by atoms with Crippen LogP contribution in [0, 0.1) is 0 Å². The molecule has 0 aromatic carbocycles. The van der Waals surface area contributed by atoms with Crippen molar-refractivity contribution < 1.29 is 19.4 Å². The Labute approximate surface area is 53.4 Å². The molecule has 0 aliphatic heterocycles. The van der Waals surface area contributed by atoms with E-state index in [1.807, 2.05) is 0 Å². The molecule has 0 bridgehead atoms. The van der Waals surface area contributed by atoms with E-state index in [-0.39, 0.29) is 5.97 Å². The zero-order valence-corrected chi connectivity index (χ0v) is 5.67. The summed E-state index contributed by atoms with van der Waals surface area (Å²) in [5.41, 5.74) is 0. The van der Waals surface area contributed by atoms with E-state index in [0.29, 0.717) is 0 Å². The molecule has 0 radical (unpaired) electrons. The minimum Gasteiger partial charge on any atom is -0.481 e. The zero-order chi connectivity index (χ0) is 7.86. The van der Waals surface area contributed by atoms with Crippen LogP contribution in [0.4, 0.5) is 0 Å². The number of aliphatic carboxylic acids is 1. The third-order valence-electron chi connectivity index (χ3n) is 0.287. The van der Waals surface area contributed by atoms with Gasteiger partial charge in [0.25, 0.3) is 5.97 Å². The van der Waals surface area contributed by atoms with Crippen molar-refractivity contribution in [1.82, 2.24) is 0 Å². The first-order chi connectivity index (χ1) is 4.00. The van der Waals surface area contributed by atoms with Crippen molar-refractivity contribution in [3.05, 3.63) is 0 Å². The van der Waals surface area contributed by atoms with Gasteiger partial charge in [0, 0.05) is 13.8 Å². The minimum atomic E-state index is -0.833. The standard InChI is InChI=1S/C3H6O2.C2H4O2/c1-3(4)5-2;1-2(3)4/h1-2H3;1H3,(H,3,4). The predicted molar refractivity (Wildman–Crippen MR) is 31.0 cm³/mol. The first-order valence-electron chi connectivity index (χ1n) is 2.24. The van der Waals surface area contributed by atoms with Crippen molar-refractivity contribution in [3.8, 4) is 0 Å². The van der Waals surface area contributed by atoms with Crippen LogP contribution in [-0.2, 0) is 14.3 Å². The van der Waals surface area contributed by atoms with E-state index in [2.05, 4.69) is 4.74 Å². The fourth-order valence-corrected chi connectivity index (χ4v) is 0. The van der Waals surface area contributed by atoms with Gasteiger partial charge in [-0.1, -0.05) is 0 Å².